The quantitative estimate of drug-likeness (QED) is 0.0647. The zero-order valence-corrected chi connectivity index (χ0v) is 34.5. The first-order valence-corrected chi connectivity index (χ1v) is 20.0. The third-order valence-corrected chi connectivity index (χ3v) is 10.9. The highest BCUT2D eigenvalue weighted by atomic mass is 16.2. The lowest BCUT2D eigenvalue weighted by atomic mass is 9.81. The fourth-order valence-corrected chi connectivity index (χ4v) is 7.05. The van der Waals surface area contributed by atoms with E-state index >= 15 is 0 Å². The minimum Gasteiger partial charge on any atom is -0.345 e. The molecule has 0 saturated heterocycles. The molecule has 5 amide bonds. The Morgan fingerprint density at radius 1 is 0.893 bits per heavy atom. The van der Waals surface area contributed by atoms with Gasteiger partial charge in [-0.05, 0) is 83.4 Å². The molecule has 0 aliphatic heterocycles. The summed E-state index contributed by atoms with van der Waals surface area (Å²) < 4.78 is 0. The number of rotatable bonds is 24. The number of nitrogens with zero attached hydrogens (tertiary/aromatic N) is 2. The summed E-state index contributed by atoms with van der Waals surface area (Å²) in [6, 6.07) is 4.85. The maximum atomic E-state index is 13.8. The van der Waals surface area contributed by atoms with E-state index in [-0.39, 0.29) is 24.2 Å². The second kappa shape index (κ2) is 23.8. The van der Waals surface area contributed by atoms with Crippen LogP contribution in [0.2, 0.25) is 0 Å². The number of nitrogens with one attached hydrogen (secondary N) is 4. The summed E-state index contributed by atoms with van der Waals surface area (Å²) in [5.74, 6) is -3.25. The van der Waals surface area contributed by atoms with Crippen LogP contribution in [0.4, 0.5) is 0 Å². The van der Waals surface area contributed by atoms with Gasteiger partial charge in [0, 0.05) is 14.1 Å². The van der Waals surface area contributed by atoms with Crippen molar-refractivity contribution < 1.29 is 33.6 Å². The molecule has 1 aromatic carbocycles. The van der Waals surface area contributed by atoms with Crippen LogP contribution in [-0.4, -0.2) is 121 Å². The van der Waals surface area contributed by atoms with Crippen LogP contribution < -0.4 is 32.7 Å². The van der Waals surface area contributed by atoms with Crippen molar-refractivity contribution in [3.8, 4) is 0 Å². The average molecular weight is 784 g/mol. The molecule has 1 aromatic rings. The van der Waals surface area contributed by atoms with Gasteiger partial charge in [0.1, 0.15) is 18.1 Å². The molecule has 1 aliphatic rings. The molecule has 2 rings (SSSR count). The van der Waals surface area contributed by atoms with Crippen LogP contribution in [0.25, 0.3) is 0 Å². The predicted octanol–water partition coefficient (Wildman–Crippen LogP) is 1.12. The van der Waals surface area contributed by atoms with Gasteiger partial charge in [-0.3, -0.25) is 33.6 Å². The van der Waals surface area contributed by atoms with E-state index in [1.807, 2.05) is 44.2 Å². The van der Waals surface area contributed by atoms with E-state index in [4.69, 9.17) is 11.5 Å². The molecule has 313 valence electrons. The first-order chi connectivity index (χ1) is 26.5. The summed E-state index contributed by atoms with van der Waals surface area (Å²) in [6.45, 7) is 6.42. The van der Waals surface area contributed by atoms with Crippen molar-refractivity contribution in [3.05, 3.63) is 35.9 Å². The van der Waals surface area contributed by atoms with Crippen molar-refractivity contribution in [2.75, 3.05) is 34.2 Å². The molecule has 0 bridgehead atoms. The smallest absolute Gasteiger partial charge is 0.246 e. The van der Waals surface area contributed by atoms with Crippen LogP contribution in [0.3, 0.4) is 0 Å². The van der Waals surface area contributed by atoms with Crippen molar-refractivity contribution in [1.29, 1.82) is 0 Å². The summed E-state index contributed by atoms with van der Waals surface area (Å²) in [7, 11) is 4.44. The Hall–Kier alpha value is -4.21. The summed E-state index contributed by atoms with van der Waals surface area (Å²) in [4.78, 5) is 95.3. The van der Waals surface area contributed by atoms with Crippen molar-refractivity contribution >= 4 is 41.6 Å². The number of nitrogens with two attached hydrogens (primary N) is 2. The number of carbonyl (C=O) groups excluding carboxylic acids is 7. The predicted molar refractivity (Wildman–Crippen MR) is 216 cm³/mol. The summed E-state index contributed by atoms with van der Waals surface area (Å²) in [6.07, 6.45) is 9.47. The number of benzene rings is 1. The maximum Gasteiger partial charge on any atom is 0.246 e. The molecule has 56 heavy (non-hydrogen) atoms. The lowest BCUT2D eigenvalue weighted by Gasteiger charge is -2.37. The molecule has 15 heteroatoms. The third-order valence-electron chi connectivity index (χ3n) is 10.9. The molecular weight excluding hydrogens is 716 g/mol. The van der Waals surface area contributed by atoms with E-state index in [0.29, 0.717) is 38.6 Å². The van der Waals surface area contributed by atoms with Gasteiger partial charge in [0.15, 0.2) is 11.3 Å². The molecule has 1 aliphatic carbocycles. The van der Waals surface area contributed by atoms with E-state index in [9.17, 15) is 33.6 Å². The van der Waals surface area contributed by atoms with Gasteiger partial charge in [0.2, 0.25) is 35.8 Å². The number of likely N-dealkylation sites (N-methyl/N-ethyl adjacent to an activating group) is 3. The topological polar surface area (TPSA) is 226 Å². The SMILES string of the molecule is CN[C@@H](Cc1ccccc1)C(=O)N[C@@H](CCCCN)C(=O)N(C)[C@@H](C)C(=O)NCC(=O)N[C@@H](CC(C)C)C(=O)N(C)[C@@](C)([C]=O)C(=O)[C@@H](N)CC1CCCCC1. The van der Waals surface area contributed by atoms with E-state index < -0.39 is 71.7 Å². The Bertz CT molecular complexity index is 1450. The van der Waals surface area contributed by atoms with E-state index in [2.05, 4.69) is 21.3 Å². The molecule has 1 fully saturated rings. The number of hydrogen-bond acceptors (Lipinski definition) is 10. The Kier molecular flexibility index (Phi) is 20.3. The number of amides is 5. The van der Waals surface area contributed by atoms with E-state index in [1.165, 1.54) is 32.8 Å². The molecular formula is C41H67N8O7. The number of hydrogen-bond donors (Lipinski definition) is 6. The Balaban J connectivity index is 2.08. The Morgan fingerprint density at radius 2 is 1.54 bits per heavy atom. The van der Waals surface area contributed by atoms with Gasteiger partial charge in [-0.1, -0.05) is 76.3 Å². The van der Waals surface area contributed by atoms with E-state index in [0.717, 1.165) is 42.6 Å². The van der Waals surface area contributed by atoms with Crippen LogP contribution in [0.5, 0.6) is 0 Å². The molecule has 0 spiro atoms. The standard InChI is InChI=1S/C41H67N8O7/c1-27(2)22-34(40(56)49(7)41(4,26-50)36(52)31(43)23-29-16-10-8-11-17-29)46-35(51)25-45-37(53)28(3)48(6)39(55)32(20-14-15-21-42)47-38(54)33(44-5)24-30-18-12-9-13-19-30/h9,12-13,18-19,27-29,31-34,44H,8,10-11,14-17,20-25,42-43H2,1-7H3,(H,45,53)(H,46,51)(H,47,54)/t28-,31-,32-,33-,34-,41-/m0/s1. The molecule has 1 radical (unpaired) electrons. The van der Waals surface area contributed by atoms with Crippen molar-refractivity contribution in [2.45, 2.75) is 134 Å². The lowest BCUT2D eigenvalue weighted by molar-refractivity contribution is -0.144. The number of Topliss-reactive ketones (excluding diaryl/α,β-unsaturated/α-hetero) is 1. The maximum absolute atomic E-state index is 13.8. The van der Waals surface area contributed by atoms with E-state index in [1.54, 1.807) is 13.3 Å². The number of carbonyl (C=O) groups is 6. The largest absolute Gasteiger partial charge is 0.345 e. The third kappa shape index (κ3) is 14.4. The Labute approximate surface area is 333 Å². The molecule has 15 nitrogen and oxygen atoms in total. The molecule has 6 atom stereocenters. The fraction of sp³-hybridized carbons (Fsp3) is 0.683. The van der Waals surface area contributed by atoms with Crippen LogP contribution >= 0.6 is 0 Å². The monoisotopic (exact) mass is 784 g/mol. The average Bonchev–Trinajstić information content (AvgIpc) is 3.19. The highest BCUT2D eigenvalue weighted by Crippen LogP contribution is 2.28. The number of unbranched alkanes of at least 4 members (excludes halogenated alkanes) is 1. The van der Waals surface area contributed by atoms with Gasteiger partial charge >= 0.3 is 0 Å². The van der Waals surface area contributed by atoms with Crippen molar-refractivity contribution in [3.63, 3.8) is 0 Å². The first kappa shape index (κ1) is 47.9. The molecule has 0 heterocycles. The fourth-order valence-electron chi connectivity index (χ4n) is 7.05. The van der Waals surface area contributed by atoms with Crippen molar-refractivity contribution in [2.24, 2.45) is 23.3 Å². The summed E-state index contributed by atoms with van der Waals surface area (Å²) in [5, 5.41) is 11.0. The van der Waals surface area contributed by atoms with Gasteiger partial charge in [-0.15, -0.1) is 0 Å². The molecule has 1 saturated carbocycles. The molecule has 8 N–H and O–H groups in total. The first-order valence-electron chi connectivity index (χ1n) is 20.0. The lowest BCUT2D eigenvalue weighted by Crippen LogP contribution is -2.63. The van der Waals surface area contributed by atoms with Gasteiger partial charge in [0.25, 0.3) is 0 Å². The highest BCUT2D eigenvalue weighted by molar-refractivity contribution is 6.08. The summed E-state index contributed by atoms with van der Waals surface area (Å²) in [5.41, 5.74) is 11.0. The minimum absolute atomic E-state index is 0.0670. The molecule has 0 unspecified atom stereocenters. The van der Waals surface area contributed by atoms with Gasteiger partial charge < -0.3 is 42.5 Å². The van der Waals surface area contributed by atoms with Crippen LogP contribution in [-0.2, 0) is 40.0 Å². The number of ketones is 1. The molecule has 0 aromatic heterocycles. The minimum atomic E-state index is -1.97. The Morgan fingerprint density at radius 3 is 2.11 bits per heavy atom. The van der Waals surface area contributed by atoms with Gasteiger partial charge in [-0.2, -0.15) is 0 Å². The van der Waals surface area contributed by atoms with Gasteiger partial charge in [0.05, 0.1) is 18.6 Å². The van der Waals surface area contributed by atoms with Crippen LogP contribution in [0, 0.1) is 11.8 Å². The van der Waals surface area contributed by atoms with Gasteiger partial charge in [-0.25, -0.2) is 0 Å². The normalized spacial score (nSPS) is 17.0. The zero-order valence-electron chi connectivity index (χ0n) is 34.5. The summed E-state index contributed by atoms with van der Waals surface area (Å²) >= 11 is 0. The van der Waals surface area contributed by atoms with Crippen LogP contribution in [0.1, 0.15) is 97.5 Å². The van der Waals surface area contributed by atoms with Crippen LogP contribution in [0.15, 0.2) is 30.3 Å². The van der Waals surface area contributed by atoms with Crippen molar-refractivity contribution in [1.82, 2.24) is 31.1 Å². The zero-order chi connectivity index (χ0) is 42.0. The second-order valence-corrected chi connectivity index (χ2v) is 15.8. The second-order valence-electron chi connectivity index (χ2n) is 15.8. The highest BCUT2D eigenvalue weighted by Gasteiger charge is 2.45.